The average molecular weight is 499 g/mol. The van der Waals surface area contributed by atoms with Crippen molar-refractivity contribution in [1.82, 2.24) is 14.0 Å². The maximum atomic E-state index is 5.70. The Morgan fingerprint density at radius 2 is 1.00 bits per heavy atom. The van der Waals surface area contributed by atoms with Crippen molar-refractivity contribution in [2.24, 2.45) is 4.74 Å². The van der Waals surface area contributed by atoms with Gasteiger partial charge < -0.3 is 0 Å². The molecule has 0 aromatic rings. The van der Waals surface area contributed by atoms with Crippen LogP contribution in [0.3, 0.4) is 0 Å². The molecule has 0 N–H and O–H groups in total. The Morgan fingerprint density at radius 3 is 1.41 bits per heavy atom. The van der Waals surface area contributed by atoms with Crippen LogP contribution in [0.4, 0.5) is 0 Å². The van der Waals surface area contributed by atoms with E-state index in [0.29, 0.717) is 0 Å². The third-order valence-electron chi connectivity index (χ3n) is 7.24. The summed E-state index contributed by atoms with van der Waals surface area (Å²) in [5, 5.41) is 0. The Kier molecular flexibility index (Phi) is 20.1. The number of hydrogen-bond donors (Lipinski definition) is 0. The first-order valence-electron chi connectivity index (χ1n) is 15.5. The first kappa shape index (κ1) is 32.1. The van der Waals surface area contributed by atoms with Crippen LogP contribution in [0.1, 0.15) is 144 Å². The number of rotatable bonds is 18. The van der Waals surface area contributed by atoms with Crippen LogP contribution in [0.15, 0.2) is 4.74 Å². The van der Waals surface area contributed by atoms with Crippen LogP contribution in [0.25, 0.3) is 0 Å². The summed E-state index contributed by atoms with van der Waals surface area (Å²) in [6.07, 6.45) is 23.4. The fraction of sp³-hybridized carbons (Fsp3) is 1.00. The number of unbranched alkanes of at least 4 members (excludes halogenated alkanes) is 10. The van der Waals surface area contributed by atoms with Gasteiger partial charge in [0, 0.05) is 45.8 Å². The molecule has 204 valence electrons. The highest BCUT2D eigenvalue weighted by atomic mass is 31.2. The molecule has 4 nitrogen and oxygen atoms in total. The van der Waals surface area contributed by atoms with Crippen LogP contribution < -0.4 is 0 Å². The molecule has 0 aliphatic carbocycles. The second-order valence-corrected chi connectivity index (χ2v) is 13.6. The lowest BCUT2D eigenvalue weighted by molar-refractivity contribution is 0.351. The van der Waals surface area contributed by atoms with E-state index in [-0.39, 0.29) is 0 Å². The smallest absolute Gasteiger partial charge is 0.167 e. The lowest BCUT2D eigenvalue weighted by atomic mass is 10.1. The Balaban J connectivity index is 0.00000182. The molecule has 0 aromatic heterocycles. The van der Waals surface area contributed by atoms with Gasteiger partial charge >= 0.3 is 0 Å². The zero-order valence-electron chi connectivity index (χ0n) is 24.2. The molecule has 5 heteroatoms. The molecule has 0 unspecified atom stereocenters. The first-order chi connectivity index (χ1) is 16.7. The van der Waals surface area contributed by atoms with Crippen molar-refractivity contribution in [1.29, 1.82) is 0 Å². The molecule has 0 bridgehead atoms. The highest BCUT2D eigenvalue weighted by molar-refractivity contribution is 7.59. The van der Waals surface area contributed by atoms with E-state index >= 15 is 0 Å². The largest absolute Gasteiger partial charge is 0.261 e. The normalized spacial score (nSPS) is 17.4. The zero-order chi connectivity index (χ0) is 24.9. The molecule has 0 spiro atoms. The molecular formula is C29H63N4P. The van der Waals surface area contributed by atoms with Crippen molar-refractivity contribution in [3.63, 3.8) is 0 Å². The number of nitrogens with zero attached hydrogens (tertiary/aromatic N) is 4. The summed E-state index contributed by atoms with van der Waals surface area (Å²) in [5.74, 6) is 0. The second-order valence-electron chi connectivity index (χ2n) is 10.5. The standard InChI is InChI=1S/C26H55N4P.C3H8/c1-4-7-9-10-11-12-13-14-15-16-21-27-31(29-23-17-18-24-29,30-25-19-20-26-30)28(6-3)22-8-5-2;1-3-2/h4-26H2,1-3H3;3H2,1-2H3. The monoisotopic (exact) mass is 498 g/mol. The quantitative estimate of drug-likeness (QED) is 0.139. The molecule has 0 radical (unpaired) electrons. The van der Waals surface area contributed by atoms with E-state index in [9.17, 15) is 0 Å². The summed E-state index contributed by atoms with van der Waals surface area (Å²) in [5.41, 5.74) is 0. The summed E-state index contributed by atoms with van der Waals surface area (Å²) in [6, 6.07) is 0. The Hall–Kier alpha value is 0.110. The van der Waals surface area contributed by atoms with Crippen molar-refractivity contribution in [3.8, 4) is 0 Å². The van der Waals surface area contributed by atoms with E-state index in [1.54, 1.807) is 0 Å². The van der Waals surface area contributed by atoms with E-state index in [4.69, 9.17) is 4.74 Å². The topological polar surface area (TPSA) is 22.1 Å². The third-order valence-corrected chi connectivity index (χ3v) is 11.4. The Bertz CT molecular complexity index is 478. The second kappa shape index (κ2) is 21.2. The molecule has 2 heterocycles. The van der Waals surface area contributed by atoms with Crippen LogP contribution in [0, 0.1) is 0 Å². The first-order valence-corrected chi connectivity index (χ1v) is 17.1. The predicted molar refractivity (Wildman–Crippen MR) is 156 cm³/mol. The number of hydrogen-bond acceptors (Lipinski definition) is 1. The van der Waals surface area contributed by atoms with Gasteiger partial charge in [0.25, 0.3) is 0 Å². The molecule has 34 heavy (non-hydrogen) atoms. The lowest BCUT2D eigenvalue weighted by Crippen LogP contribution is -2.40. The van der Waals surface area contributed by atoms with Gasteiger partial charge in [0.2, 0.25) is 0 Å². The van der Waals surface area contributed by atoms with E-state index in [1.165, 1.54) is 142 Å². The molecule has 2 saturated heterocycles. The average Bonchev–Trinajstić information content (AvgIpc) is 3.57. The van der Waals surface area contributed by atoms with Crippen LogP contribution in [0.2, 0.25) is 0 Å². The molecule has 2 aliphatic heterocycles. The predicted octanol–water partition coefficient (Wildman–Crippen LogP) is 9.58. The van der Waals surface area contributed by atoms with Crippen LogP contribution in [0.5, 0.6) is 0 Å². The fourth-order valence-corrected chi connectivity index (χ4v) is 9.82. The molecule has 2 fully saturated rings. The van der Waals surface area contributed by atoms with Crippen LogP contribution >= 0.6 is 7.51 Å². The van der Waals surface area contributed by atoms with Crippen molar-refractivity contribution in [2.75, 3.05) is 45.8 Å². The van der Waals surface area contributed by atoms with E-state index in [2.05, 4.69) is 48.6 Å². The highest BCUT2D eigenvalue weighted by Gasteiger charge is 2.41. The van der Waals surface area contributed by atoms with Gasteiger partial charge in [-0.25, -0.2) is 14.0 Å². The van der Waals surface area contributed by atoms with Crippen molar-refractivity contribution < 1.29 is 0 Å². The summed E-state index contributed by atoms with van der Waals surface area (Å²) in [4.78, 5) is 0. The van der Waals surface area contributed by atoms with Crippen LogP contribution in [-0.2, 0) is 0 Å². The maximum absolute atomic E-state index is 5.70. The molecular weight excluding hydrogens is 435 g/mol. The summed E-state index contributed by atoms with van der Waals surface area (Å²) >= 11 is 0. The lowest BCUT2D eigenvalue weighted by Gasteiger charge is -2.47. The van der Waals surface area contributed by atoms with Gasteiger partial charge in [-0.15, -0.1) is 0 Å². The molecule has 0 atom stereocenters. The fourth-order valence-electron chi connectivity index (χ4n) is 5.37. The SMILES string of the molecule is CCC.CCCCCCCCCCCCN=P(N(CC)CCCC)(N1CCCC1)N1CCCC1. The summed E-state index contributed by atoms with van der Waals surface area (Å²) in [7, 11) is -1.68. The van der Waals surface area contributed by atoms with Crippen LogP contribution in [-0.4, -0.2) is 59.8 Å². The Labute approximate surface area is 215 Å². The van der Waals surface area contributed by atoms with Crippen molar-refractivity contribution in [2.45, 2.75) is 144 Å². The van der Waals surface area contributed by atoms with Gasteiger partial charge in [-0.3, -0.25) is 4.74 Å². The summed E-state index contributed by atoms with van der Waals surface area (Å²) in [6.45, 7) is 19.8. The van der Waals surface area contributed by atoms with Gasteiger partial charge in [0.05, 0.1) is 0 Å². The van der Waals surface area contributed by atoms with Crippen molar-refractivity contribution in [3.05, 3.63) is 0 Å². The molecule has 2 aliphatic rings. The minimum Gasteiger partial charge on any atom is -0.261 e. The van der Waals surface area contributed by atoms with Gasteiger partial charge in [0.15, 0.2) is 7.51 Å². The summed E-state index contributed by atoms with van der Waals surface area (Å²) < 4.78 is 14.2. The van der Waals surface area contributed by atoms with E-state index in [1.807, 2.05) is 0 Å². The molecule has 0 aromatic carbocycles. The van der Waals surface area contributed by atoms with Crippen molar-refractivity contribution >= 4 is 7.51 Å². The van der Waals surface area contributed by atoms with Gasteiger partial charge in [-0.1, -0.05) is 105 Å². The van der Waals surface area contributed by atoms with Gasteiger partial charge in [-0.2, -0.15) is 0 Å². The highest BCUT2D eigenvalue weighted by Crippen LogP contribution is 2.61. The molecule has 0 saturated carbocycles. The maximum Gasteiger partial charge on any atom is 0.167 e. The zero-order valence-corrected chi connectivity index (χ0v) is 25.1. The van der Waals surface area contributed by atoms with E-state index in [0.717, 1.165) is 13.1 Å². The Morgan fingerprint density at radius 1 is 0.588 bits per heavy atom. The van der Waals surface area contributed by atoms with E-state index < -0.39 is 7.51 Å². The van der Waals surface area contributed by atoms with Gasteiger partial charge in [0.1, 0.15) is 0 Å². The van der Waals surface area contributed by atoms with Gasteiger partial charge in [-0.05, 0) is 38.5 Å². The molecule has 2 rings (SSSR count). The minimum atomic E-state index is -1.68. The third kappa shape index (κ3) is 11.4. The minimum absolute atomic E-state index is 1.08. The molecule has 0 amide bonds.